The van der Waals surface area contributed by atoms with Crippen LogP contribution in [0.25, 0.3) is 0 Å². The first-order valence-corrected chi connectivity index (χ1v) is 9.38. The van der Waals surface area contributed by atoms with Crippen LogP contribution in [0.3, 0.4) is 0 Å². The molecule has 0 fully saturated rings. The number of rotatable bonds is 6. The van der Waals surface area contributed by atoms with Crippen molar-refractivity contribution in [1.82, 2.24) is 4.72 Å². The van der Waals surface area contributed by atoms with Crippen LogP contribution >= 0.6 is 43.5 Å². The lowest BCUT2D eigenvalue weighted by Crippen LogP contribution is -2.30. The van der Waals surface area contributed by atoms with E-state index in [1.807, 2.05) is 0 Å². The van der Waals surface area contributed by atoms with Gasteiger partial charge in [-0.2, -0.15) is 0 Å². The lowest BCUT2D eigenvalue weighted by molar-refractivity contribution is 0.551. The van der Waals surface area contributed by atoms with E-state index < -0.39 is 10.0 Å². The fourth-order valence-corrected chi connectivity index (χ4v) is 4.40. The van der Waals surface area contributed by atoms with Crippen molar-refractivity contribution in [2.45, 2.75) is 30.0 Å². The Morgan fingerprint density at radius 3 is 2.53 bits per heavy atom. The molecule has 0 aliphatic heterocycles. The first-order chi connectivity index (χ1) is 8.72. The maximum Gasteiger partial charge on any atom is 0.240 e. The molecule has 1 unspecified atom stereocenters. The minimum atomic E-state index is -3.50. The van der Waals surface area contributed by atoms with Gasteiger partial charge in [-0.15, -0.1) is 0 Å². The average Bonchev–Trinajstić information content (AvgIpc) is 2.29. The molecule has 0 aromatic heterocycles. The van der Waals surface area contributed by atoms with Gasteiger partial charge in [0.25, 0.3) is 0 Å². The molecule has 0 saturated carbocycles. The standard InChI is InChI=1S/C12H16Br2ClNO2S/c1-8(2)5-9(13)7-16-19(17,18)10-3-4-12(15)11(14)6-10/h3-4,6,8-9,16H,5,7H2,1-2H3. The van der Waals surface area contributed by atoms with Crippen molar-refractivity contribution in [1.29, 1.82) is 0 Å². The molecule has 108 valence electrons. The van der Waals surface area contributed by atoms with Crippen molar-refractivity contribution in [2.75, 3.05) is 6.54 Å². The van der Waals surface area contributed by atoms with Crippen LogP contribution in [0.1, 0.15) is 20.3 Å². The number of alkyl halides is 1. The molecule has 1 atom stereocenters. The van der Waals surface area contributed by atoms with E-state index in [4.69, 9.17) is 11.6 Å². The molecule has 0 aliphatic carbocycles. The summed E-state index contributed by atoms with van der Waals surface area (Å²) >= 11 is 12.5. The van der Waals surface area contributed by atoms with Crippen molar-refractivity contribution >= 4 is 53.5 Å². The minimum absolute atomic E-state index is 0.123. The van der Waals surface area contributed by atoms with Crippen molar-refractivity contribution in [3.63, 3.8) is 0 Å². The van der Waals surface area contributed by atoms with Gasteiger partial charge in [-0.3, -0.25) is 0 Å². The molecule has 0 heterocycles. The molecular weight excluding hydrogens is 417 g/mol. The zero-order valence-corrected chi connectivity index (χ0v) is 15.4. The van der Waals surface area contributed by atoms with Gasteiger partial charge in [0.1, 0.15) is 0 Å². The summed E-state index contributed by atoms with van der Waals surface area (Å²) in [6.45, 7) is 4.55. The van der Waals surface area contributed by atoms with E-state index in [9.17, 15) is 8.42 Å². The van der Waals surface area contributed by atoms with Crippen molar-refractivity contribution in [2.24, 2.45) is 5.92 Å². The fourth-order valence-electron chi connectivity index (χ4n) is 1.52. The molecule has 1 N–H and O–H groups in total. The number of halogens is 3. The average molecular weight is 434 g/mol. The Morgan fingerprint density at radius 2 is 2.00 bits per heavy atom. The molecule has 0 radical (unpaired) electrons. The predicted octanol–water partition coefficient (Wildman–Crippen LogP) is 4.19. The quantitative estimate of drug-likeness (QED) is 0.684. The fraction of sp³-hybridized carbons (Fsp3) is 0.500. The highest BCUT2D eigenvalue weighted by molar-refractivity contribution is 9.10. The van der Waals surface area contributed by atoms with Crippen LogP contribution < -0.4 is 4.72 Å². The van der Waals surface area contributed by atoms with Gasteiger partial charge >= 0.3 is 0 Å². The molecule has 0 amide bonds. The third-order valence-electron chi connectivity index (χ3n) is 2.42. The van der Waals surface area contributed by atoms with Gasteiger partial charge in [0.2, 0.25) is 10.0 Å². The van der Waals surface area contributed by atoms with Crippen molar-refractivity contribution in [3.8, 4) is 0 Å². The van der Waals surface area contributed by atoms with Crippen LogP contribution in [-0.2, 0) is 10.0 Å². The maximum absolute atomic E-state index is 12.1. The summed E-state index contributed by atoms with van der Waals surface area (Å²) in [5.74, 6) is 0.513. The lowest BCUT2D eigenvalue weighted by atomic mass is 10.1. The van der Waals surface area contributed by atoms with Gasteiger partial charge in [0, 0.05) is 15.8 Å². The number of hydrogen-bond donors (Lipinski definition) is 1. The zero-order chi connectivity index (χ0) is 14.6. The summed E-state index contributed by atoms with van der Waals surface area (Å²) < 4.78 is 27.3. The number of benzene rings is 1. The number of nitrogens with one attached hydrogen (secondary N) is 1. The van der Waals surface area contributed by atoms with Crippen LogP contribution in [0, 0.1) is 5.92 Å². The monoisotopic (exact) mass is 431 g/mol. The van der Waals surface area contributed by atoms with E-state index >= 15 is 0 Å². The molecule has 0 bridgehead atoms. The molecule has 0 saturated heterocycles. The smallest absolute Gasteiger partial charge is 0.210 e. The Kier molecular flexibility index (Phi) is 6.79. The van der Waals surface area contributed by atoms with Crippen molar-refractivity contribution in [3.05, 3.63) is 27.7 Å². The summed E-state index contributed by atoms with van der Waals surface area (Å²) in [6.07, 6.45) is 0.910. The highest BCUT2D eigenvalue weighted by atomic mass is 79.9. The van der Waals surface area contributed by atoms with E-state index in [2.05, 4.69) is 50.4 Å². The Labute approximate surface area is 136 Å². The van der Waals surface area contributed by atoms with Gasteiger partial charge in [0.15, 0.2) is 0 Å². The summed E-state index contributed by atoms with van der Waals surface area (Å²) in [4.78, 5) is 0.325. The first kappa shape index (κ1) is 17.4. The molecular formula is C12H16Br2ClNO2S. The normalized spacial score (nSPS) is 13.8. The lowest BCUT2D eigenvalue weighted by Gasteiger charge is -2.13. The summed E-state index contributed by atoms with van der Waals surface area (Å²) in [7, 11) is -3.50. The molecule has 19 heavy (non-hydrogen) atoms. The second kappa shape index (κ2) is 7.41. The Balaban J connectivity index is 2.73. The molecule has 7 heteroatoms. The highest BCUT2D eigenvalue weighted by Gasteiger charge is 2.17. The van der Waals surface area contributed by atoms with E-state index in [1.165, 1.54) is 12.1 Å². The third-order valence-corrected chi connectivity index (χ3v) is 5.76. The van der Waals surface area contributed by atoms with E-state index in [0.29, 0.717) is 22.0 Å². The molecule has 0 aliphatic rings. The summed E-state index contributed by atoms with van der Waals surface area (Å²) in [5.41, 5.74) is 0. The van der Waals surface area contributed by atoms with Gasteiger partial charge in [-0.1, -0.05) is 41.4 Å². The third kappa shape index (κ3) is 5.71. The molecule has 1 aromatic rings. The molecule has 0 spiro atoms. The van der Waals surface area contributed by atoms with Gasteiger partial charge in [-0.05, 0) is 46.5 Å². The molecule has 3 nitrogen and oxygen atoms in total. The van der Waals surface area contributed by atoms with Crippen LogP contribution in [0.5, 0.6) is 0 Å². The summed E-state index contributed by atoms with van der Waals surface area (Å²) in [5, 5.41) is 0.483. The Bertz CT molecular complexity index is 535. The maximum atomic E-state index is 12.1. The van der Waals surface area contributed by atoms with Gasteiger partial charge < -0.3 is 0 Å². The minimum Gasteiger partial charge on any atom is -0.210 e. The predicted molar refractivity (Wildman–Crippen MR) is 86.5 cm³/mol. The van der Waals surface area contributed by atoms with E-state index in [0.717, 1.165) is 6.42 Å². The van der Waals surface area contributed by atoms with E-state index in [1.54, 1.807) is 6.07 Å². The molecule has 1 rings (SSSR count). The van der Waals surface area contributed by atoms with Crippen LogP contribution in [0.15, 0.2) is 27.6 Å². The Hall–Kier alpha value is 0.380. The largest absolute Gasteiger partial charge is 0.240 e. The molecule has 1 aromatic carbocycles. The SMILES string of the molecule is CC(C)CC(Br)CNS(=O)(=O)c1ccc(Cl)c(Br)c1. The zero-order valence-electron chi connectivity index (χ0n) is 10.7. The van der Waals surface area contributed by atoms with E-state index in [-0.39, 0.29) is 9.72 Å². The Morgan fingerprint density at radius 1 is 1.37 bits per heavy atom. The summed E-state index contributed by atoms with van der Waals surface area (Å²) in [6, 6.07) is 4.54. The topological polar surface area (TPSA) is 46.2 Å². The van der Waals surface area contributed by atoms with Crippen LogP contribution in [-0.4, -0.2) is 19.8 Å². The van der Waals surface area contributed by atoms with Crippen molar-refractivity contribution < 1.29 is 8.42 Å². The second-order valence-corrected chi connectivity index (χ2v) is 8.98. The van der Waals surface area contributed by atoms with Gasteiger partial charge in [-0.25, -0.2) is 13.1 Å². The van der Waals surface area contributed by atoms with Crippen LogP contribution in [0.2, 0.25) is 5.02 Å². The number of sulfonamides is 1. The first-order valence-electron chi connectivity index (χ1n) is 5.81. The second-order valence-electron chi connectivity index (χ2n) is 4.65. The number of hydrogen-bond acceptors (Lipinski definition) is 2. The van der Waals surface area contributed by atoms with Crippen LogP contribution in [0.4, 0.5) is 0 Å². The van der Waals surface area contributed by atoms with Gasteiger partial charge in [0.05, 0.1) is 9.92 Å². The highest BCUT2D eigenvalue weighted by Crippen LogP contribution is 2.25.